The van der Waals surface area contributed by atoms with Gasteiger partial charge in [0.15, 0.2) is 0 Å². The number of carbonyl (C=O) groups excluding carboxylic acids is 3. The van der Waals surface area contributed by atoms with Gasteiger partial charge >= 0.3 is 17.9 Å². The summed E-state index contributed by atoms with van der Waals surface area (Å²) in [6.07, 6.45) is 0.0105. The Labute approximate surface area is 87.5 Å². The topological polar surface area (TPSA) is 78.9 Å². The van der Waals surface area contributed by atoms with Gasteiger partial charge in [0.1, 0.15) is 6.42 Å². The average Bonchev–Trinajstić information content (AvgIpc) is 2.16. The molecule has 0 rings (SSSR count). The van der Waals surface area contributed by atoms with Crippen LogP contribution < -0.4 is 0 Å². The second kappa shape index (κ2) is 7.78. The lowest BCUT2D eigenvalue weighted by Gasteiger charge is -2.04. The molecule has 0 aliphatic heterocycles. The van der Waals surface area contributed by atoms with Gasteiger partial charge in [0.25, 0.3) is 0 Å². The van der Waals surface area contributed by atoms with Gasteiger partial charge in [0, 0.05) is 13.3 Å². The molecule has 0 spiro atoms. The Morgan fingerprint density at radius 3 is 2.13 bits per heavy atom. The van der Waals surface area contributed by atoms with Crippen LogP contribution in [0.25, 0.3) is 0 Å². The van der Waals surface area contributed by atoms with Crippen molar-refractivity contribution in [2.45, 2.75) is 19.8 Å². The maximum absolute atomic E-state index is 10.9. The Morgan fingerprint density at radius 2 is 1.60 bits per heavy atom. The first-order chi connectivity index (χ1) is 7.06. The minimum Gasteiger partial charge on any atom is -0.469 e. The fourth-order valence-corrected chi connectivity index (χ4v) is 0.702. The molecule has 0 fully saturated rings. The fourth-order valence-electron chi connectivity index (χ4n) is 0.702. The Hall–Kier alpha value is -1.59. The molecule has 0 heterocycles. The summed E-state index contributed by atoms with van der Waals surface area (Å²) in [6, 6.07) is 0. The Bertz CT molecular complexity index is 235. The first-order valence-corrected chi connectivity index (χ1v) is 4.42. The Morgan fingerprint density at radius 1 is 1.00 bits per heavy atom. The van der Waals surface area contributed by atoms with Crippen LogP contribution in [0.3, 0.4) is 0 Å². The standard InChI is InChI=1S/C9H14O6/c1-7(10)14-4-3-5-15-9(12)6-8(11)13-2/h3-6H2,1-2H3. The summed E-state index contributed by atoms with van der Waals surface area (Å²) in [5, 5.41) is 0. The molecule has 0 N–H and O–H groups in total. The van der Waals surface area contributed by atoms with Gasteiger partial charge in [0.05, 0.1) is 20.3 Å². The van der Waals surface area contributed by atoms with Gasteiger partial charge in [-0.25, -0.2) is 0 Å². The maximum atomic E-state index is 10.9. The van der Waals surface area contributed by atoms with Gasteiger partial charge in [-0.1, -0.05) is 0 Å². The zero-order valence-electron chi connectivity index (χ0n) is 8.78. The monoisotopic (exact) mass is 218 g/mol. The van der Waals surface area contributed by atoms with Gasteiger partial charge in [0.2, 0.25) is 0 Å². The van der Waals surface area contributed by atoms with Crippen LogP contribution in [0.2, 0.25) is 0 Å². The largest absolute Gasteiger partial charge is 0.469 e. The lowest BCUT2D eigenvalue weighted by atomic mass is 10.4. The normalized spacial score (nSPS) is 9.20. The van der Waals surface area contributed by atoms with Crippen molar-refractivity contribution in [3.8, 4) is 0 Å². The average molecular weight is 218 g/mol. The number of esters is 3. The van der Waals surface area contributed by atoms with Gasteiger partial charge in [-0.2, -0.15) is 0 Å². The van der Waals surface area contributed by atoms with Crippen LogP contribution in [-0.2, 0) is 28.6 Å². The van der Waals surface area contributed by atoms with E-state index in [1.807, 2.05) is 0 Å². The molecule has 6 nitrogen and oxygen atoms in total. The van der Waals surface area contributed by atoms with E-state index in [4.69, 9.17) is 0 Å². The van der Waals surface area contributed by atoms with Crippen molar-refractivity contribution in [3.05, 3.63) is 0 Å². The van der Waals surface area contributed by atoms with Crippen molar-refractivity contribution in [1.29, 1.82) is 0 Å². The molecule has 0 aliphatic carbocycles. The van der Waals surface area contributed by atoms with Crippen LogP contribution in [0, 0.1) is 0 Å². The van der Waals surface area contributed by atoms with Crippen molar-refractivity contribution in [2.24, 2.45) is 0 Å². The number of hydrogen-bond acceptors (Lipinski definition) is 6. The molecule has 0 aromatic rings. The lowest BCUT2D eigenvalue weighted by molar-refractivity contribution is -0.153. The molecule has 0 aromatic carbocycles. The molecular formula is C9H14O6. The van der Waals surface area contributed by atoms with E-state index < -0.39 is 18.4 Å². The zero-order valence-corrected chi connectivity index (χ0v) is 8.78. The van der Waals surface area contributed by atoms with Gasteiger partial charge in [-0.15, -0.1) is 0 Å². The highest BCUT2D eigenvalue weighted by molar-refractivity contribution is 5.91. The number of rotatable bonds is 6. The van der Waals surface area contributed by atoms with Crippen molar-refractivity contribution >= 4 is 17.9 Å². The molecule has 86 valence electrons. The third-order valence-corrected chi connectivity index (χ3v) is 1.37. The fraction of sp³-hybridized carbons (Fsp3) is 0.667. The first-order valence-electron chi connectivity index (χ1n) is 4.42. The van der Waals surface area contributed by atoms with Crippen LogP contribution in [0.15, 0.2) is 0 Å². The smallest absolute Gasteiger partial charge is 0.317 e. The highest BCUT2D eigenvalue weighted by Gasteiger charge is 2.09. The third-order valence-electron chi connectivity index (χ3n) is 1.37. The van der Waals surface area contributed by atoms with E-state index >= 15 is 0 Å². The molecule has 0 amide bonds. The second-order valence-corrected chi connectivity index (χ2v) is 2.67. The minimum atomic E-state index is -0.648. The Kier molecular flexibility index (Phi) is 6.96. The highest BCUT2D eigenvalue weighted by atomic mass is 16.6. The predicted molar refractivity (Wildman–Crippen MR) is 48.8 cm³/mol. The minimum absolute atomic E-state index is 0.114. The molecule has 0 saturated heterocycles. The van der Waals surface area contributed by atoms with E-state index in [1.165, 1.54) is 14.0 Å². The van der Waals surface area contributed by atoms with E-state index in [9.17, 15) is 14.4 Å². The molecule has 0 saturated carbocycles. The Balaban J connectivity index is 3.39. The summed E-state index contributed by atoms with van der Waals surface area (Å²) in [7, 11) is 1.19. The first kappa shape index (κ1) is 13.4. The van der Waals surface area contributed by atoms with Crippen LogP contribution in [0.1, 0.15) is 19.8 Å². The van der Waals surface area contributed by atoms with E-state index in [2.05, 4.69) is 14.2 Å². The summed E-state index contributed by atoms with van der Waals surface area (Å²) >= 11 is 0. The van der Waals surface area contributed by atoms with Crippen LogP contribution >= 0.6 is 0 Å². The lowest BCUT2D eigenvalue weighted by Crippen LogP contribution is -2.14. The summed E-state index contributed by atoms with van der Waals surface area (Å²) in [5.41, 5.74) is 0. The quantitative estimate of drug-likeness (QED) is 0.271. The zero-order chi connectivity index (χ0) is 11.7. The second-order valence-electron chi connectivity index (χ2n) is 2.67. The molecule has 0 aromatic heterocycles. The van der Waals surface area contributed by atoms with Gasteiger partial charge in [-0.05, 0) is 0 Å². The molecule has 0 aliphatic rings. The number of carbonyl (C=O) groups is 3. The van der Waals surface area contributed by atoms with Crippen LogP contribution in [0.5, 0.6) is 0 Å². The van der Waals surface area contributed by atoms with Crippen molar-refractivity contribution in [2.75, 3.05) is 20.3 Å². The molecule has 15 heavy (non-hydrogen) atoms. The number of methoxy groups -OCH3 is 1. The van der Waals surface area contributed by atoms with E-state index in [0.29, 0.717) is 6.42 Å². The van der Waals surface area contributed by atoms with Crippen molar-refractivity contribution in [3.63, 3.8) is 0 Å². The molecular weight excluding hydrogens is 204 g/mol. The van der Waals surface area contributed by atoms with Crippen LogP contribution in [-0.4, -0.2) is 38.2 Å². The predicted octanol–water partition coefficient (Wildman–Crippen LogP) is 0.0459. The summed E-state index contributed by atoms with van der Waals surface area (Å²) in [5.74, 6) is -1.67. The summed E-state index contributed by atoms with van der Waals surface area (Å²) < 4.78 is 13.5. The molecule has 0 bridgehead atoms. The highest BCUT2D eigenvalue weighted by Crippen LogP contribution is 1.92. The SMILES string of the molecule is COC(=O)CC(=O)OCCCOC(C)=O. The molecule has 0 radical (unpaired) electrons. The molecule has 6 heteroatoms. The molecule has 0 unspecified atom stereocenters. The van der Waals surface area contributed by atoms with E-state index in [-0.39, 0.29) is 19.2 Å². The maximum Gasteiger partial charge on any atom is 0.317 e. The van der Waals surface area contributed by atoms with E-state index in [0.717, 1.165) is 0 Å². The summed E-state index contributed by atoms with van der Waals surface area (Å²) in [4.78, 5) is 31.8. The molecule has 0 atom stereocenters. The third kappa shape index (κ3) is 8.73. The number of hydrogen-bond donors (Lipinski definition) is 0. The van der Waals surface area contributed by atoms with E-state index in [1.54, 1.807) is 0 Å². The van der Waals surface area contributed by atoms with Gasteiger partial charge < -0.3 is 14.2 Å². The summed E-state index contributed by atoms with van der Waals surface area (Å²) in [6.45, 7) is 1.60. The van der Waals surface area contributed by atoms with Crippen molar-refractivity contribution < 1.29 is 28.6 Å². The van der Waals surface area contributed by atoms with Crippen molar-refractivity contribution in [1.82, 2.24) is 0 Å². The van der Waals surface area contributed by atoms with Gasteiger partial charge in [-0.3, -0.25) is 14.4 Å². The van der Waals surface area contributed by atoms with Crippen LogP contribution in [0.4, 0.5) is 0 Å². The number of ether oxygens (including phenoxy) is 3.